The molecule has 0 heterocycles. The average Bonchev–Trinajstić information content (AvgIpc) is 1.85. The summed E-state index contributed by atoms with van der Waals surface area (Å²) in [5.74, 6) is 0. The Labute approximate surface area is 81.3 Å². The van der Waals surface area contributed by atoms with Gasteiger partial charge in [0.2, 0.25) is 0 Å². The Morgan fingerprint density at radius 1 is 1.36 bits per heavy atom. The zero-order chi connectivity index (χ0) is 8.27. The van der Waals surface area contributed by atoms with Crippen LogP contribution in [0.25, 0.3) is 0 Å². The lowest BCUT2D eigenvalue weighted by Crippen LogP contribution is -2.09. The molecule has 0 aliphatic carbocycles. The van der Waals surface area contributed by atoms with Crippen molar-refractivity contribution < 1.29 is 0 Å². The van der Waals surface area contributed by atoms with Crippen molar-refractivity contribution >= 4 is 28.3 Å². The second kappa shape index (κ2) is 3.95. The van der Waals surface area contributed by atoms with Crippen LogP contribution in [0.2, 0.25) is 0 Å². The zero-order valence-corrected chi connectivity index (χ0v) is 8.92. The molecule has 0 amide bonds. The van der Waals surface area contributed by atoms with E-state index in [1.807, 2.05) is 0 Å². The van der Waals surface area contributed by atoms with E-state index in [9.17, 15) is 0 Å². The van der Waals surface area contributed by atoms with Crippen LogP contribution in [-0.4, -0.2) is 6.04 Å². The minimum atomic E-state index is 0.508. The molecule has 2 heteroatoms. The van der Waals surface area contributed by atoms with Crippen LogP contribution in [0.1, 0.15) is 13.8 Å². The minimum Gasteiger partial charge on any atom is -0.383 e. The van der Waals surface area contributed by atoms with Crippen molar-refractivity contribution in [1.29, 1.82) is 0 Å². The van der Waals surface area contributed by atoms with Crippen molar-refractivity contribution in [1.82, 2.24) is 0 Å². The Morgan fingerprint density at radius 3 is 2.64 bits per heavy atom. The second-order valence-corrected chi connectivity index (χ2v) is 4.06. The van der Waals surface area contributed by atoms with E-state index in [4.69, 9.17) is 0 Å². The molecule has 0 atom stereocenters. The maximum atomic E-state index is 3.34. The first-order valence-corrected chi connectivity index (χ1v) is 4.78. The third-order valence-corrected chi connectivity index (χ3v) is 1.95. The van der Waals surface area contributed by atoms with E-state index in [-0.39, 0.29) is 0 Å². The molecule has 1 aromatic carbocycles. The van der Waals surface area contributed by atoms with Crippen molar-refractivity contribution in [2.45, 2.75) is 19.9 Å². The number of hydrogen-bond donors (Lipinski definition) is 1. The molecule has 11 heavy (non-hydrogen) atoms. The quantitative estimate of drug-likeness (QED) is 0.806. The van der Waals surface area contributed by atoms with Gasteiger partial charge < -0.3 is 5.32 Å². The maximum absolute atomic E-state index is 3.34. The molecule has 0 radical (unpaired) electrons. The van der Waals surface area contributed by atoms with Crippen LogP contribution >= 0.6 is 22.6 Å². The van der Waals surface area contributed by atoms with Crippen molar-refractivity contribution in [2.75, 3.05) is 5.32 Å². The summed E-state index contributed by atoms with van der Waals surface area (Å²) in [5, 5.41) is 3.34. The van der Waals surface area contributed by atoms with E-state index in [2.05, 4.69) is 66.0 Å². The molecule has 0 saturated carbocycles. The molecule has 1 rings (SSSR count). The van der Waals surface area contributed by atoms with E-state index < -0.39 is 0 Å². The minimum absolute atomic E-state index is 0.508. The van der Waals surface area contributed by atoms with Gasteiger partial charge in [-0.2, -0.15) is 0 Å². The van der Waals surface area contributed by atoms with Gasteiger partial charge in [0.05, 0.1) is 0 Å². The smallest absolute Gasteiger partial charge is 0.0352 e. The van der Waals surface area contributed by atoms with Crippen molar-refractivity contribution in [2.24, 2.45) is 0 Å². The van der Waals surface area contributed by atoms with Crippen LogP contribution < -0.4 is 5.32 Å². The van der Waals surface area contributed by atoms with E-state index in [1.165, 1.54) is 9.26 Å². The number of benzene rings is 1. The van der Waals surface area contributed by atoms with Crippen LogP contribution in [0, 0.1) is 3.57 Å². The Balaban J connectivity index is 2.71. The van der Waals surface area contributed by atoms with E-state index >= 15 is 0 Å². The predicted molar refractivity (Wildman–Crippen MR) is 57.9 cm³/mol. The maximum Gasteiger partial charge on any atom is 0.0352 e. The van der Waals surface area contributed by atoms with Gasteiger partial charge in [-0.3, -0.25) is 0 Å². The van der Waals surface area contributed by atoms with Crippen LogP contribution in [0.5, 0.6) is 0 Å². The van der Waals surface area contributed by atoms with Gasteiger partial charge in [0, 0.05) is 15.3 Å². The molecule has 1 aromatic rings. The van der Waals surface area contributed by atoms with E-state index in [0.717, 1.165) is 0 Å². The fraction of sp³-hybridized carbons (Fsp3) is 0.333. The van der Waals surface area contributed by atoms with Crippen LogP contribution in [-0.2, 0) is 0 Å². The Bertz CT molecular complexity index is 233. The number of anilines is 1. The summed E-state index contributed by atoms with van der Waals surface area (Å²) in [4.78, 5) is 0. The van der Waals surface area contributed by atoms with Crippen LogP contribution in [0.3, 0.4) is 0 Å². The van der Waals surface area contributed by atoms with Gasteiger partial charge in [-0.1, -0.05) is 6.07 Å². The first-order valence-electron chi connectivity index (χ1n) is 3.70. The SMILES string of the molecule is CC(C)Nc1cccc(I)c1. The third-order valence-electron chi connectivity index (χ3n) is 1.28. The molecule has 0 aliphatic rings. The van der Waals surface area contributed by atoms with Crippen molar-refractivity contribution in [3.8, 4) is 0 Å². The van der Waals surface area contributed by atoms with E-state index in [0.29, 0.717) is 6.04 Å². The first kappa shape index (κ1) is 8.84. The molecular weight excluding hydrogens is 249 g/mol. The fourth-order valence-corrected chi connectivity index (χ4v) is 1.45. The molecular formula is C9H12IN. The average molecular weight is 261 g/mol. The highest BCUT2D eigenvalue weighted by molar-refractivity contribution is 14.1. The van der Waals surface area contributed by atoms with Crippen LogP contribution in [0.4, 0.5) is 5.69 Å². The molecule has 0 bridgehead atoms. The summed E-state index contributed by atoms with van der Waals surface area (Å²) < 4.78 is 1.27. The van der Waals surface area contributed by atoms with Gasteiger partial charge in [0.25, 0.3) is 0 Å². The van der Waals surface area contributed by atoms with Gasteiger partial charge in [0.15, 0.2) is 0 Å². The topological polar surface area (TPSA) is 12.0 Å². The van der Waals surface area contributed by atoms with Gasteiger partial charge >= 0.3 is 0 Å². The summed E-state index contributed by atoms with van der Waals surface area (Å²) in [5.41, 5.74) is 1.20. The van der Waals surface area contributed by atoms with Gasteiger partial charge in [-0.15, -0.1) is 0 Å². The normalized spacial score (nSPS) is 10.2. The molecule has 0 saturated heterocycles. The lowest BCUT2D eigenvalue weighted by Gasteiger charge is -2.09. The highest BCUT2D eigenvalue weighted by Gasteiger charge is 1.93. The van der Waals surface area contributed by atoms with E-state index in [1.54, 1.807) is 0 Å². The highest BCUT2D eigenvalue weighted by atomic mass is 127. The zero-order valence-electron chi connectivity index (χ0n) is 6.76. The predicted octanol–water partition coefficient (Wildman–Crippen LogP) is 3.11. The molecule has 0 spiro atoms. The number of halogens is 1. The Hall–Kier alpha value is -0.250. The molecule has 0 aromatic heterocycles. The molecule has 0 fully saturated rings. The molecule has 0 aliphatic heterocycles. The largest absolute Gasteiger partial charge is 0.383 e. The first-order chi connectivity index (χ1) is 5.18. The number of rotatable bonds is 2. The number of nitrogens with one attached hydrogen (secondary N) is 1. The third kappa shape index (κ3) is 3.10. The molecule has 0 unspecified atom stereocenters. The molecule has 1 nitrogen and oxygen atoms in total. The van der Waals surface area contributed by atoms with Crippen molar-refractivity contribution in [3.05, 3.63) is 27.8 Å². The van der Waals surface area contributed by atoms with Gasteiger partial charge in [-0.05, 0) is 54.6 Å². The van der Waals surface area contributed by atoms with Crippen molar-refractivity contribution in [3.63, 3.8) is 0 Å². The summed E-state index contributed by atoms with van der Waals surface area (Å²) >= 11 is 2.31. The highest BCUT2D eigenvalue weighted by Crippen LogP contribution is 2.12. The fourth-order valence-electron chi connectivity index (χ4n) is 0.912. The molecule has 60 valence electrons. The van der Waals surface area contributed by atoms with Crippen LogP contribution in [0.15, 0.2) is 24.3 Å². The standard InChI is InChI=1S/C9H12IN/c1-7(2)11-9-5-3-4-8(10)6-9/h3-7,11H,1-2H3. The molecule has 1 N–H and O–H groups in total. The van der Waals surface area contributed by atoms with Gasteiger partial charge in [0.1, 0.15) is 0 Å². The summed E-state index contributed by atoms with van der Waals surface area (Å²) in [6.07, 6.45) is 0. The monoisotopic (exact) mass is 261 g/mol. The lowest BCUT2D eigenvalue weighted by molar-refractivity contribution is 0.899. The van der Waals surface area contributed by atoms with Gasteiger partial charge in [-0.25, -0.2) is 0 Å². The summed E-state index contributed by atoms with van der Waals surface area (Å²) in [7, 11) is 0. The Kier molecular flexibility index (Phi) is 3.17. The second-order valence-electron chi connectivity index (χ2n) is 2.81. The summed E-state index contributed by atoms with van der Waals surface area (Å²) in [6.45, 7) is 4.28. The summed E-state index contributed by atoms with van der Waals surface area (Å²) in [6, 6.07) is 8.88. The number of hydrogen-bond acceptors (Lipinski definition) is 1. The lowest BCUT2D eigenvalue weighted by atomic mass is 10.3. The Morgan fingerprint density at radius 2 is 2.09 bits per heavy atom.